The van der Waals surface area contributed by atoms with Crippen molar-refractivity contribution in [3.05, 3.63) is 47.0 Å². The summed E-state index contributed by atoms with van der Waals surface area (Å²) >= 11 is 0. The van der Waals surface area contributed by atoms with Crippen LogP contribution in [-0.2, 0) is 0 Å². The Labute approximate surface area is 106 Å². The molecule has 0 heterocycles. The quantitative estimate of drug-likeness (QED) is 0.777. The fourth-order valence-electron chi connectivity index (χ4n) is 1.95. The van der Waals surface area contributed by atoms with E-state index in [1.165, 1.54) is 24.3 Å². The first-order chi connectivity index (χ1) is 8.93. The van der Waals surface area contributed by atoms with Crippen molar-refractivity contribution in [2.75, 3.05) is 0 Å². The lowest BCUT2D eigenvalue weighted by atomic mass is 9.96. The van der Waals surface area contributed by atoms with Crippen molar-refractivity contribution in [3.8, 4) is 0 Å². The van der Waals surface area contributed by atoms with E-state index in [0.717, 1.165) is 6.07 Å². The molecule has 0 radical (unpaired) electrons. The van der Waals surface area contributed by atoms with Crippen LogP contribution in [0.15, 0.2) is 30.3 Å². The topological polar surface area (TPSA) is 112 Å². The Morgan fingerprint density at radius 2 is 1.32 bits per heavy atom. The molecule has 0 aliphatic rings. The third-order valence-electron chi connectivity index (χ3n) is 2.74. The molecule has 2 aromatic carbocycles. The normalized spacial score (nSPS) is 10.3. The van der Waals surface area contributed by atoms with Crippen molar-refractivity contribution in [2.45, 2.75) is 0 Å². The summed E-state index contributed by atoms with van der Waals surface area (Å²) in [5.74, 6) is -3.99. The molecule has 0 unspecified atom stereocenters. The van der Waals surface area contributed by atoms with Crippen molar-refractivity contribution < 1.29 is 29.7 Å². The van der Waals surface area contributed by atoms with Crippen LogP contribution in [0.1, 0.15) is 31.1 Å². The summed E-state index contributed by atoms with van der Waals surface area (Å²) < 4.78 is 0. The highest BCUT2D eigenvalue weighted by molar-refractivity contribution is 6.15. The molecule has 2 aromatic rings. The van der Waals surface area contributed by atoms with E-state index in [0.29, 0.717) is 0 Å². The van der Waals surface area contributed by atoms with E-state index in [1.807, 2.05) is 0 Å². The van der Waals surface area contributed by atoms with E-state index >= 15 is 0 Å². The number of hydrogen-bond acceptors (Lipinski definition) is 3. The molecule has 0 aromatic heterocycles. The van der Waals surface area contributed by atoms with Crippen LogP contribution in [0.3, 0.4) is 0 Å². The Kier molecular flexibility index (Phi) is 2.92. The van der Waals surface area contributed by atoms with Gasteiger partial charge in [0.15, 0.2) is 0 Å². The summed E-state index contributed by atoms with van der Waals surface area (Å²) in [5, 5.41) is 27.4. The van der Waals surface area contributed by atoms with E-state index in [-0.39, 0.29) is 21.9 Å². The van der Waals surface area contributed by atoms with Gasteiger partial charge in [0, 0.05) is 0 Å². The summed E-state index contributed by atoms with van der Waals surface area (Å²) in [6.07, 6.45) is 0. The molecule has 6 heteroatoms. The average Bonchev–Trinajstić information content (AvgIpc) is 2.35. The molecular formula is C13H8O6. The molecule has 0 aliphatic carbocycles. The van der Waals surface area contributed by atoms with Crippen molar-refractivity contribution in [3.63, 3.8) is 0 Å². The van der Waals surface area contributed by atoms with Crippen LogP contribution in [0.5, 0.6) is 0 Å². The smallest absolute Gasteiger partial charge is 0.337 e. The van der Waals surface area contributed by atoms with E-state index in [1.54, 1.807) is 0 Å². The highest BCUT2D eigenvalue weighted by atomic mass is 16.4. The van der Waals surface area contributed by atoms with Crippen LogP contribution in [-0.4, -0.2) is 33.2 Å². The molecule has 0 saturated carbocycles. The minimum Gasteiger partial charge on any atom is -0.478 e. The third-order valence-corrected chi connectivity index (χ3v) is 2.74. The van der Waals surface area contributed by atoms with E-state index in [9.17, 15) is 14.4 Å². The van der Waals surface area contributed by atoms with Crippen LogP contribution >= 0.6 is 0 Å². The summed E-state index contributed by atoms with van der Waals surface area (Å²) in [6.45, 7) is 0. The van der Waals surface area contributed by atoms with Crippen molar-refractivity contribution in [2.24, 2.45) is 0 Å². The summed E-state index contributed by atoms with van der Waals surface area (Å²) in [7, 11) is 0. The minimum atomic E-state index is -1.41. The zero-order chi connectivity index (χ0) is 14.2. The molecule has 6 nitrogen and oxygen atoms in total. The predicted octanol–water partition coefficient (Wildman–Crippen LogP) is 1.93. The lowest BCUT2D eigenvalue weighted by molar-refractivity contribution is 0.0653. The Morgan fingerprint density at radius 3 is 1.84 bits per heavy atom. The number of carboxylic acid groups (broad SMARTS) is 3. The predicted molar refractivity (Wildman–Crippen MR) is 64.8 cm³/mol. The van der Waals surface area contributed by atoms with Gasteiger partial charge >= 0.3 is 17.9 Å². The second-order valence-electron chi connectivity index (χ2n) is 3.80. The summed E-state index contributed by atoms with van der Waals surface area (Å²) in [5.41, 5.74) is -0.854. The first-order valence-electron chi connectivity index (χ1n) is 5.19. The van der Waals surface area contributed by atoms with E-state index < -0.39 is 23.5 Å². The van der Waals surface area contributed by atoms with Gasteiger partial charge < -0.3 is 15.3 Å². The zero-order valence-electron chi connectivity index (χ0n) is 9.45. The molecule has 0 fully saturated rings. The number of carbonyl (C=O) groups is 3. The number of aromatic carboxylic acids is 3. The lowest BCUT2D eigenvalue weighted by Crippen LogP contribution is -2.09. The van der Waals surface area contributed by atoms with Gasteiger partial charge in [-0.15, -0.1) is 0 Å². The van der Waals surface area contributed by atoms with Gasteiger partial charge in [0.25, 0.3) is 0 Å². The molecule has 19 heavy (non-hydrogen) atoms. The SMILES string of the molecule is O=C(O)c1ccc2c(C(=O)O)cccc2c1C(=O)O. The molecule has 0 spiro atoms. The molecular weight excluding hydrogens is 252 g/mol. The Balaban J connectivity index is 2.95. The second kappa shape index (κ2) is 4.41. The van der Waals surface area contributed by atoms with Crippen LogP contribution in [0, 0.1) is 0 Å². The van der Waals surface area contributed by atoms with Gasteiger partial charge in [0.05, 0.1) is 16.7 Å². The molecule has 0 bridgehead atoms. The lowest BCUT2D eigenvalue weighted by Gasteiger charge is -2.08. The van der Waals surface area contributed by atoms with Crippen molar-refractivity contribution in [1.82, 2.24) is 0 Å². The Morgan fingerprint density at radius 1 is 0.684 bits per heavy atom. The van der Waals surface area contributed by atoms with E-state index in [2.05, 4.69) is 0 Å². The van der Waals surface area contributed by atoms with Gasteiger partial charge in [-0.05, 0) is 22.9 Å². The van der Waals surface area contributed by atoms with Crippen LogP contribution < -0.4 is 0 Å². The number of rotatable bonds is 3. The molecule has 0 aliphatic heterocycles. The fraction of sp³-hybridized carbons (Fsp3) is 0. The maximum absolute atomic E-state index is 11.2. The van der Waals surface area contributed by atoms with E-state index in [4.69, 9.17) is 15.3 Å². The fourth-order valence-corrected chi connectivity index (χ4v) is 1.95. The zero-order valence-corrected chi connectivity index (χ0v) is 9.45. The first-order valence-corrected chi connectivity index (χ1v) is 5.19. The third kappa shape index (κ3) is 1.99. The highest BCUT2D eigenvalue weighted by Gasteiger charge is 2.21. The monoisotopic (exact) mass is 260 g/mol. The molecule has 96 valence electrons. The Hall–Kier alpha value is -2.89. The van der Waals surface area contributed by atoms with Crippen LogP contribution in [0.25, 0.3) is 10.8 Å². The Bertz CT molecular complexity index is 716. The number of fused-ring (bicyclic) bond motifs is 1. The van der Waals surface area contributed by atoms with Gasteiger partial charge in [-0.25, -0.2) is 14.4 Å². The molecule has 0 atom stereocenters. The molecule has 3 N–H and O–H groups in total. The molecule has 2 rings (SSSR count). The molecule has 0 saturated heterocycles. The summed E-state index contributed by atoms with van der Waals surface area (Å²) in [6, 6.07) is 6.49. The minimum absolute atomic E-state index is 0.0723. The van der Waals surface area contributed by atoms with Crippen molar-refractivity contribution in [1.29, 1.82) is 0 Å². The van der Waals surface area contributed by atoms with Gasteiger partial charge in [-0.1, -0.05) is 18.2 Å². The number of carboxylic acids is 3. The number of benzene rings is 2. The maximum Gasteiger partial charge on any atom is 0.337 e. The maximum atomic E-state index is 11.2. The van der Waals surface area contributed by atoms with Crippen LogP contribution in [0.2, 0.25) is 0 Å². The highest BCUT2D eigenvalue weighted by Crippen LogP contribution is 2.26. The van der Waals surface area contributed by atoms with Gasteiger partial charge in [-0.3, -0.25) is 0 Å². The standard InChI is InChI=1S/C13H8O6/c14-11(15)8-3-1-2-7-6(8)4-5-9(12(16)17)10(7)13(18)19/h1-5H,(H,14,15)(H,16,17)(H,18,19). The van der Waals surface area contributed by atoms with Gasteiger partial charge in [0.1, 0.15) is 0 Å². The first kappa shape index (κ1) is 12.6. The summed E-state index contributed by atoms with van der Waals surface area (Å²) in [4.78, 5) is 33.3. The van der Waals surface area contributed by atoms with Gasteiger partial charge in [0.2, 0.25) is 0 Å². The second-order valence-corrected chi connectivity index (χ2v) is 3.80. The van der Waals surface area contributed by atoms with Crippen LogP contribution in [0.4, 0.5) is 0 Å². The van der Waals surface area contributed by atoms with Crippen molar-refractivity contribution >= 4 is 28.7 Å². The number of hydrogen-bond donors (Lipinski definition) is 3. The largest absolute Gasteiger partial charge is 0.478 e. The van der Waals surface area contributed by atoms with Gasteiger partial charge in [-0.2, -0.15) is 0 Å². The average molecular weight is 260 g/mol. The molecule has 0 amide bonds.